The highest BCUT2D eigenvalue weighted by Crippen LogP contribution is 2.55. The van der Waals surface area contributed by atoms with Crippen LogP contribution in [0.2, 0.25) is 10.0 Å². The molecule has 1 fully saturated rings. The molecule has 5 N–H and O–H groups in total. The number of hydrogen-bond donors (Lipinski definition) is 4. The first-order valence-corrected chi connectivity index (χ1v) is 13.6. The third-order valence-electron chi connectivity index (χ3n) is 6.56. The highest BCUT2D eigenvalue weighted by molar-refractivity contribution is 8.25. The summed E-state index contributed by atoms with van der Waals surface area (Å²) >= 11 is 13.0. The van der Waals surface area contributed by atoms with Crippen LogP contribution >= 0.6 is 33.8 Å². The first kappa shape index (κ1) is 24.9. The lowest BCUT2D eigenvalue weighted by molar-refractivity contribution is 0.0942. The fourth-order valence-electron chi connectivity index (χ4n) is 4.54. The summed E-state index contributed by atoms with van der Waals surface area (Å²) in [6.45, 7) is 6.19. The summed E-state index contributed by atoms with van der Waals surface area (Å²) in [7, 11) is -2.79. The number of halogens is 2. The van der Waals surface area contributed by atoms with Gasteiger partial charge in [0.2, 0.25) is 0 Å². The molecular weight excluding hydrogens is 527 g/mol. The van der Waals surface area contributed by atoms with E-state index < -0.39 is 27.3 Å². The lowest BCUT2D eigenvalue weighted by atomic mass is 10.1. The number of aromatic nitrogens is 5. The molecule has 4 aromatic rings. The standard InChI is InChI=1S/C22H26Cl2N8O3S/c1-12(28-20(33)16-18(25)29-31-6-4-5-26-19(16)31)13-9-14(23)17-15(24)10-27-32(17)21(13)30-7-8-36(34,35)22(2,3)11-30/h4-6,9-10,12,34-35H,7-8,11H2,1-3H3,(H2,25,29)(H,28,33). The second-order valence-electron chi connectivity index (χ2n) is 9.42. The van der Waals surface area contributed by atoms with Gasteiger partial charge < -0.3 is 16.0 Å². The number of pyridine rings is 1. The Bertz CT molecular complexity index is 1500. The summed E-state index contributed by atoms with van der Waals surface area (Å²) in [5.74, 6) is 0.476. The van der Waals surface area contributed by atoms with E-state index in [2.05, 4.69) is 20.5 Å². The zero-order valence-electron chi connectivity index (χ0n) is 19.8. The summed E-state index contributed by atoms with van der Waals surface area (Å²) in [6.07, 6.45) is 4.73. The smallest absolute Gasteiger partial charge is 0.259 e. The molecule has 1 aliphatic rings. The van der Waals surface area contributed by atoms with E-state index in [4.69, 9.17) is 28.9 Å². The molecule has 11 nitrogen and oxygen atoms in total. The number of nitrogens with two attached hydrogens (primary N) is 1. The fraction of sp³-hybridized carbons (Fsp3) is 0.364. The maximum absolute atomic E-state index is 13.3. The number of carbonyl (C=O) groups is 1. The Hall–Kier alpha value is -2.77. The van der Waals surface area contributed by atoms with Crippen LogP contribution in [0, 0.1) is 0 Å². The van der Waals surface area contributed by atoms with Crippen LogP contribution in [0.25, 0.3) is 11.2 Å². The number of anilines is 2. The van der Waals surface area contributed by atoms with Gasteiger partial charge in [-0.2, -0.15) is 15.7 Å². The monoisotopic (exact) mass is 552 g/mol. The molecule has 0 radical (unpaired) electrons. The first-order valence-electron chi connectivity index (χ1n) is 11.2. The van der Waals surface area contributed by atoms with Gasteiger partial charge in [-0.3, -0.25) is 13.9 Å². The minimum atomic E-state index is -2.79. The number of rotatable bonds is 4. The van der Waals surface area contributed by atoms with E-state index in [-0.39, 0.29) is 17.1 Å². The number of nitrogens with zero attached hydrogens (tertiary/aromatic N) is 6. The summed E-state index contributed by atoms with van der Waals surface area (Å²) < 4.78 is 23.5. The van der Waals surface area contributed by atoms with Crippen LogP contribution in [-0.4, -0.2) is 62.8 Å². The van der Waals surface area contributed by atoms with Gasteiger partial charge in [0.15, 0.2) is 11.5 Å². The molecule has 5 heterocycles. The molecule has 14 heteroatoms. The average molecular weight is 553 g/mol. The number of nitrogen functional groups attached to an aromatic ring is 1. The lowest BCUT2D eigenvalue weighted by Crippen LogP contribution is -2.51. The van der Waals surface area contributed by atoms with Crippen molar-refractivity contribution < 1.29 is 13.9 Å². The second-order valence-corrected chi connectivity index (χ2v) is 13.1. The minimum Gasteiger partial charge on any atom is -0.381 e. The third-order valence-corrected chi connectivity index (χ3v) is 9.77. The van der Waals surface area contributed by atoms with Crippen LogP contribution in [0.5, 0.6) is 0 Å². The highest BCUT2D eigenvalue weighted by Gasteiger charge is 2.41. The maximum atomic E-state index is 13.3. The molecule has 1 saturated heterocycles. The molecule has 4 aromatic heterocycles. The predicted molar refractivity (Wildman–Crippen MR) is 143 cm³/mol. The van der Waals surface area contributed by atoms with Crippen molar-refractivity contribution in [3.8, 4) is 0 Å². The average Bonchev–Trinajstić information content (AvgIpc) is 3.35. The Morgan fingerprint density at radius 2 is 2.06 bits per heavy atom. The van der Waals surface area contributed by atoms with Gasteiger partial charge in [0.05, 0.1) is 32.8 Å². The Morgan fingerprint density at radius 1 is 1.31 bits per heavy atom. The summed E-state index contributed by atoms with van der Waals surface area (Å²) in [4.78, 5) is 19.6. The van der Waals surface area contributed by atoms with Gasteiger partial charge in [-0.1, -0.05) is 23.2 Å². The van der Waals surface area contributed by atoms with Gasteiger partial charge in [0.25, 0.3) is 5.91 Å². The van der Waals surface area contributed by atoms with Crippen LogP contribution in [0.4, 0.5) is 11.6 Å². The molecule has 0 spiro atoms. The van der Waals surface area contributed by atoms with E-state index in [0.29, 0.717) is 45.7 Å². The number of amides is 1. The van der Waals surface area contributed by atoms with Crippen LogP contribution in [0.3, 0.4) is 0 Å². The Kier molecular flexibility index (Phi) is 5.99. The molecule has 0 bridgehead atoms. The second kappa shape index (κ2) is 8.67. The molecule has 1 unspecified atom stereocenters. The van der Waals surface area contributed by atoms with E-state index >= 15 is 0 Å². The van der Waals surface area contributed by atoms with E-state index in [0.717, 1.165) is 0 Å². The van der Waals surface area contributed by atoms with Crippen molar-refractivity contribution in [3.05, 3.63) is 51.9 Å². The summed E-state index contributed by atoms with van der Waals surface area (Å²) in [6, 6.07) is 2.90. The number of nitrogens with one attached hydrogen (secondary N) is 1. The van der Waals surface area contributed by atoms with Crippen LogP contribution in [-0.2, 0) is 0 Å². The van der Waals surface area contributed by atoms with Gasteiger partial charge in [-0.05, 0) is 32.9 Å². The van der Waals surface area contributed by atoms with E-state index in [1.807, 2.05) is 25.7 Å². The molecule has 1 aliphatic heterocycles. The van der Waals surface area contributed by atoms with Crippen LogP contribution < -0.4 is 16.0 Å². The molecule has 0 saturated carbocycles. The zero-order valence-corrected chi connectivity index (χ0v) is 22.1. The highest BCUT2D eigenvalue weighted by atomic mass is 35.5. The van der Waals surface area contributed by atoms with Crippen molar-refractivity contribution >= 4 is 62.5 Å². The minimum absolute atomic E-state index is 0.0638. The first-order chi connectivity index (χ1) is 16.9. The molecule has 0 aromatic carbocycles. The van der Waals surface area contributed by atoms with E-state index in [1.54, 1.807) is 29.0 Å². The van der Waals surface area contributed by atoms with Crippen molar-refractivity contribution in [2.45, 2.75) is 31.6 Å². The Labute approximate surface area is 218 Å². The SMILES string of the molecule is CC(NC(=O)c1c(N)nn2cccnc12)c1cc(Cl)c2c(Cl)cnn2c1N1CCS(O)(O)C(C)(C)C1. The lowest BCUT2D eigenvalue weighted by Gasteiger charge is -2.53. The third kappa shape index (κ3) is 3.93. The van der Waals surface area contributed by atoms with Gasteiger partial charge in [0, 0.05) is 31.0 Å². The largest absolute Gasteiger partial charge is 0.381 e. The fourth-order valence-corrected chi connectivity index (χ4v) is 6.50. The van der Waals surface area contributed by atoms with Crippen LogP contribution in [0.1, 0.15) is 42.7 Å². The van der Waals surface area contributed by atoms with Gasteiger partial charge >= 0.3 is 0 Å². The van der Waals surface area contributed by atoms with Gasteiger partial charge in [-0.15, -0.1) is 5.10 Å². The van der Waals surface area contributed by atoms with Crippen molar-refractivity contribution in [1.29, 1.82) is 0 Å². The number of fused-ring (bicyclic) bond motifs is 2. The van der Waals surface area contributed by atoms with Crippen molar-refractivity contribution in [1.82, 2.24) is 29.5 Å². The van der Waals surface area contributed by atoms with E-state index in [9.17, 15) is 13.9 Å². The normalized spacial score (nSPS) is 18.9. The summed E-state index contributed by atoms with van der Waals surface area (Å²) in [5, 5.41) is 12.3. The van der Waals surface area contributed by atoms with Crippen molar-refractivity contribution in [2.75, 3.05) is 29.5 Å². The number of carbonyl (C=O) groups excluding carboxylic acids is 1. The van der Waals surface area contributed by atoms with Gasteiger partial charge in [-0.25, -0.2) is 14.0 Å². The topological polar surface area (TPSA) is 146 Å². The zero-order chi connectivity index (χ0) is 26.0. The molecule has 1 amide bonds. The van der Waals surface area contributed by atoms with E-state index in [1.165, 1.54) is 10.7 Å². The molecule has 0 aliphatic carbocycles. The summed E-state index contributed by atoms with van der Waals surface area (Å²) in [5.41, 5.74) is 7.76. The quantitative estimate of drug-likeness (QED) is 0.295. The van der Waals surface area contributed by atoms with Gasteiger partial charge in [0.1, 0.15) is 16.9 Å². The molecular formula is C22H26Cl2N8O3S. The Balaban J connectivity index is 1.57. The molecule has 5 rings (SSSR count). The molecule has 36 heavy (non-hydrogen) atoms. The van der Waals surface area contributed by atoms with Crippen LogP contribution in [0.15, 0.2) is 30.7 Å². The Morgan fingerprint density at radius 3 is 2.78 bits per heavy atom. The molecule has 1 atom stereocenters. The predicted octanol–water partition coefficient (Wildman–Crippen LogP) is 4.11. The number of hydrogen-bond acceptors (Lipinski definition) is 8. The van der Waals surface area contributed by atoms with Crippen molar-refractivity contribution in [3.63, 3.8) is 0 Å². The maximum Gasteiger partial charge on any atom is 0.259 e. The van der Waals surface area contributed by atoms with Crippen molar-refractivity contribution in [2.24, 2.45) is 0 Å². The molecule has 192 valence electrons.